The van der Waals surface area contributed by atoms with Crippen LogP contribution in [-0.4, -0.2) is 34.6 Å². The van der Waals surface area contributed by atoms with Crippen LogP contribution in [0.5, 0.6) is 0 Å². The van der Waals surface area contributed by atoms with Crippen molar-refractivity contribution in [3.8, 4) is 0 Å². The van der Waals surface area contributed by atoms with Gasteiger partial charge in [0.15, 0.2) is 0 Å². The average Bonchev–Trinajstić information content (AvgIpc) is 2.99. The summed E-state index contributed by atoms with van der Waals surface area (Å²) in [5.74, 6) is -1.36. The Kier molecular flexibility index (Phi) is 6.40. The Morgan fingerprint density at radius 3 is 2.74 bits per heavy atom. The summed E-state index contributed by atoms with van der Waals surface area (Å²) < 4.78 is 1.77. The number of nitrogens with one attached hydrogen (secondary N) is 2. The third kappa shape index (κ3) is 5.25. The van der Waals surface area contributed by atoms with Gasteiger partial charge in [-0.1, -0.05) is 11.6 Å². The Hall–Kier alpha value is -2.08. The number of hydrogen-bond donors (Lipinski definition) is 3. The molecule has 1 heterocycles. The predicted octanol–water partition coefficient (Wildman–Crippen LogP) is 1.18. The maximum Gasteiger partial charge on any atom is 0.309 e. The number of aromatic nitrogens is 1. The Bertz CT molecular complexity index is 577. The molecule has 3 N–H and O–H groups in total. The van der Waals surface area contributed by atoms with E-state index in [1.54, 1.807) is 10.6 Å². The van der Waals surface area contributed by atoms with Gasteiger partial charge in [-0.3, -0.25) is 9.59 Å². The van der Waals surface area contributed by atoms with Crippen LogP contribution in [-0.2, 0) is 16.6 Å². The fourth-order valence-corrected chi connectivity index (χ4v) is 2.74. The lowest BCUT2D eigenvalue weighted by Gasteiger charge is -2.14. The number of carbonyl (C=O) groups is 2. The van der Waals surface area contributed by atoms with Gasteiger partial charge in [-0.15, -0.1) is 0 Å². The third-order valence-electron chi connectivity index (χ3n) is 4.10. The molecule has 0 radical (unpaired) electrons. The van der Waals surface area contributed by atoms with Crippen molar-refractivity contribution in [2.24, 2.45) is 7.05 Å². The largest absolute Gasteiger partial charge is 0.385 e. The van der Waals surface area contributed by atoms with Gasteiger partial charge in [0.25, 0.3) is 0 Å². The Morgan fingerprint density at radius 2 is 2.09 bits per heavy atom. The maximum absolute atomic E-state index is 11.7. The first-order chi connectivity index (χ1) is 11.1. The van der Waals surface area contributed by atoms with Crippen LogP contribution in [0.1, 0.15) is 43.9 Å². The van der Waals surface area contributed by atoms with Crippen LogP contribution in [0.4, 0.5) is 0 Å². The number of nitrogens with zero attached hydrogens (tertiary/aromatic N) is 1. The Balaban J connectivity index is 1.67. The van der Waals surface area contributed by atoms with E-state index in [1.807, 2.05) is 19.3 Å². The number of carbonyl (C=O) groups excluding carboxylic acids is 2. The molecule has 0 saturated carbocycles. The summed E-state index contributed by atoms with van der Waals surface area (Å²) in [5, 5.41) is 15.1. The molecule has 0 aliphatic heterocycles. The van der Waals surface area contributed by atoms with Crippen LogP contribution in [0.25, 0.3) is 0 Å². The molecular weight excluding hydrogens is 294 g/mol. The fourth-order valence-electron chi connectivity index (χ4n) is 2.74. The molecule has 126 valence electrons. The van der Waals surface area contributed by atoms with Gasteiger partial charge in [-0.2, -0.15) is 0 Å². The summed E-state index contributed by atoms with van der Waals surface area (Å²) in [6.45, 7) is 0.480. The van der Waals surface area contributed by atoms with Gasteiger partial charge in [0.1, 0.15) is 6.10 Å². The smallest absolute Gasteiger partial charge is 0.309 e. The summed E-state index contributed by atoms with van der Waals surface area (Å²) in [4.78, 5) is 23.4. The van der Waals surface area contributed by atoms with Gasteiger partial charge in [0, 0.05) is 32.0 Å². The number of amides is 2. The molecule has 1 aliphatic carbocycles. The number of allylic oxidation sites excluding steroid dienone is 1. The quantitative estimate of drug-likeness (QED) is 0.544. The summed E-state index contributed by atoms with van der Waals surface area (Å²) in [5.41, 5.74) is 2.05. The average molecular weight is 319 g/mol. The lowest BCUT2D eigenvalue weighted by molar-refractivity contribution is -0.139. The molecule has 6 heteroatoms. The summed E-state index contributed by atoms with van der Waals surface area (Å²) in [6, 6.07) is 3.59. The molecule has 0 fully saturated rings. The van der Waals surface area contributed by atoms with Crippen LogP contribution in [0.2, 0.25) is 0 Å². The van der Waals surface area contributed by atoms with E-state index in [-0.39, 0.29) is 6.54 Å². The van der Waals surface area contributed by atoms with Crippen LogP contribution in [0.15, 0.2) is 30.0 Å². The van der Waals surface area contributed by atoms with Gasteiger partial charge in [-0.25, -0.2) is 0 Å². The Morgan fingerprint density at radius 1 is 1.30 bits per heavy atom. The lowest BCUT2D eigenvalue weighted by Crippen LogP contribution is -2.41. The molecule has 1 aliphatic rings. The van der Waals surface area contributed by atoms with Crippen LogP contribution < -0.4 is 10.6 Å². The van der Waals surface area contributed by atoms with Crippen molar-refractivity contribution in [3.63, 3.8) is 0 Å². The first kappa shape index (κ1) is 17.3. The topological polar surface area (TPSA) is 83.4 Å². The molecule has 0 spiro atoms. The lowest BCUT2D eigenvalue weighted by atomic mass is 9.97. The van der Waals surface area contributed by atoms with E-state index in [1.165, 1.54) is 18.4 Å². The minimum absolute atomic E-state index is 0.00919. The summed E-state index contributed by atoms with van der Waals surface area (Å²) >= 11 is 0. The Labute approximate surface area is 136 Å². The van der Waals surface area contributed by atoms with Crippen LogP contribution >= 0.6 is 0 Å². The van der Waals surface area contributed by atoms with Crippen molar-refractivity contribution in [2.75, 3.05) is 13.1 Å². The van der Waals surface area contributed by atoms with E-state index < -0.39 is 17.9 Å². The minimum Gasteiger partial charge on any atom is -0.385 e. The highest BCUT2D eigenvalue weighted by atomic mass is 16.3. The first-order valence-electron chi connectivity index (χ1n) is 8.11. The van der Waals surface area contributed by atoms with Gasteiger partial charge in [0.05, 0.1) is 0 Å². The van der Waals surface area contributed by atoms with Crippen LogP contribution in [0.3, 0.4) is 0 Å². The second-order valence-electron chi connectivity index (χ2n) is 5.88. The molecule has 0 saturated heterocycles. The molecule has 0 bridgehead atoms. The first-order valence-corrected chi connectivity index (χ1v) is 8.11. The third-order valence-corrected chi connectivity index (χ3v) is 4.10. The minimum atomic E-state index is -0.834. The number of aliphatic hydroxyl groups is 1. The molecule has 1 atom stereocenters. The highest BCUT2D eigenvalue weighted by molar-refractivity contribution is 6.35. The number of rotatable bonds is 6. The summed E-state index contributed by atoms with van der Waals surface area (Å²) in [7, 11) is 1.81. The van der Waals surface area contributed by atoms with E-state index in [0.29, 0.717) is 12.2 Å². The van der Waals surface area contributed by atoms with Crippen molar-refractivity contribution in [3.05, 3.63) is 35.7 Å². The molecule has 2 rings (SSSR count). The zero-order chi connectivity index (χ0) is 16.7. The standard InChI is InChI=1S/C17H25N3O3/c1-20-11-5-8-14(20)15(21)12-19-17(23)16(22)18-10-9-13-6-3-2-4-7-13/h5-6,8,11,15,21H,2-4,7,9-10,12H2,1H3,(H,18,22)(H,19,23)/t15-/m1/s1. The molecule has 0 aromatic carbocycles. The van der Waals surface area contributed by atoms with Crippen molar-refractivity contribution in [1.82, 2.24) is 15.2 Å². The van der Waals surface area contributed by atoms with Gasteiger partial charge >= 0.3 is 11.8 Å². The second-order valence-corrected chi connectivity index (χ2v) is 5.88. The molecular formula is C17H25N3O3. The zero-order valence-corrected chi connectivity index (χ0v) is 13.5. The highest BCUT2D eigenvalue weighted by Crippen LogP contribution is 2.19. The van der Waals surface area contributed by atoms with E-state index in [0.717, 1.165) is 19.3 Å². The van der Waals surface area contributed by atoms with Crippen molar-refractivity contribution >= 4 is 11.8 Å². The molecule has 2 amide bonds. The second kappa shape index (κ2) is 8.53. The van der Waals surface area contributed by atoms with Gasteiger partial charge < -0.3 is 20.3 Å². The monoisotopic (exact) mass is 319 g/mol. The SMILES string of the molecule is Cn1cccc1[C@H](O)CNC(=O)C(=O)NCCC1=CCCCC1. The van der Waals surface area contributed by atoms with Crippen molar-refractivity contribution in [2.45, 2.75) is 38.2 Å². The van der Waals surface area contributed by atoms with Crippen molar-refractivity contribution < 1.29 is 14.7 Å². The fraction of sp³-hybridized carbons (Fsp3) is 0.529. The molecule has 23 heavy (non-hydrogen) atoms. The maximum atomic E-state index is 11.7. The summed E-state index contributed by atoms with van der Waals surface area (Å²) in [6.07, 6.45) is 8.65. The molecule has 6 nitrogen and oxygen atoms in total. The van der Waals surface area contributed by atoms with Crippen LogP contribution in [0, 0.1) is 0 Å². The van der Waals surface area contributed by atoms with Gasteiger partial charge in [-0.05, 0) is 44.2 Å². The predicted molar refractivity (Wildman–Crippen MR) is 87.6 cm³/mol. The van der Waals surface area contributed by atoms with Gasteiger partial charge in [0.2, 0.25) is 0 Å². The highest BCUT2D eigenvalue weighted by Gasteiger charge is 2.16. The van der Waals surface area contributed by atoms with E-state index in [9.17, 15) is 14.7 Å². The van der Waals surface area contributed by atoms with Crippen molar-refractivity contribution in [1.29, 1.82) is 0 Å². The number of hydrogen-bond acceptors (Lipinski definition) is 3. The van der Waals surface area contributed by atoms with E-state index in [4.69, 9.17) is 0 Å². The molecule has 0 unspecified atom stereocenters. The van der Waals surface area contributed by atoms with E-state index >= 15 is 0 Å². The zero-order valence-electron chi connectivity index (χ0n) is 13.5. The molecule has 1 aromatic heterocycles. The number of aryl methyl sites for hydroxylation is 1. The number of aliphatic hydroxyl groups excluding tert-OH is 1. The molecule has 1 aromatic rings. The normalized spacial score (nSPS) is 15.7. The van der Waals surface area contributed by atoms with E-state index in [2.05, 4.69) is 16.7 Å².